The smallest absolute Gasteiger partial charge is 0.307 e. The number of hydrogen-bond acceptors (Lipinski definition) is 3. The van der Waals surface area contributed by atoms with Crippen molar-refractivity contribution >= 4 is 11.9 Å². The standard InChI is InChI=1S/C14H21NO4/c1-8(3-2-6-16)15-13(17)11-9-4-5-10(7-9)12(11)14(18)19/h4-5,8-12,16H,2-3,6-7H2,1H3,(H,15,17)(H,18,19). The summed E-state index contributed by atoms with van der Waals surface area (Å²) in [5, 5.41) is 20.9. The minimum Gasteiger partial charge on any atom is -0.481 e. The molecule has 0 saturated heterocycles. The number of carboxylic acids is 1. The number of allylic oxidation sites excluding steroid dienone is 2. The Morgan fingerprint density at radius 1 is 1.32 bits per heavy atom. The molecule has 2 bridgehead atoms. The minimum atomic E-state index is -0.875. The van der Waals surface area contributed by atoms with E-state index in [1.54, 1.807) is 0 Å². The second kappa shape index (κ2) is 5.74. The molecule has 0 radical (unpaired) electrons. The van der Waals surface area contributed by atoms with E-state index in [1.807, 2.05) is 19.1 Å². The van der Waals surface area contributed by atoms with E-state index >= 15 is 0 Å². The van der Waals surface area contributed by atoms with Gasteiger partial charge in [0.25, 0.3) is 0 Å². The molecule has 0 aromatic heterocycles. The van der Waals surface area contributed by atoms with Crippen molar-refractivity contribution in [3.05, 3.63) is 12.2 Å². The van der Waals surface area contributed by atoms with Crippen LogP contribution in [0.3, 0.4) is 0 Å². The fraction of sp³-hybridized carbons (Fsp3) is 0.714. The van der Waals surface area contributed by atoms with Crippen molar-refractivity contribution in [3.63, 3.8) is 0 Å². The topological polar surface area (TPSA) is 86.6 Å². The van der Waals surface area contributed by atoms with E-state index in [1.165, 1.54) is 0 Å². The zero-order valence-electron chi connectivity index (χ0n) is 11.1. The van der Waals surface area contributed by atoms with E-state index in [9.17, 15) is 14.7 Å². The van der Waals surface area contributed by atoms with Gasteiger partial charge in [0.05, 0.1) is 11.8 Å². The highest BCUT2D eigenvalue weighted by atomic mass is 16.4. The van der Waals surface area contributed by atoms with Crippen LogP contribution in [-0.2, 0) is 9.59 Å². The summed E-state index contributed by atoms with van der Waals surface area (Å²) < 4.78 is 0. The normalized spacial score (nSPS) is 33.4. The number of amides is 1. The van der Waals surface area contributed by atoms with Gasteiger partial charge in [0.15, 0.2) is 0 Å². The van der Waals surface area contributed by atoms with Crippen LogP contribution in [0.1, 0.15) is 26.2 Å². The molecule has 1 fully saturated rings. The van der Waals surface area contributed by atoms with Crippen LogP contribution in [0.2, 0.25) is 0 Å². The van der Waals surface area contributed by atoms with Gasteiger partial charge in [0, 0.05) is 12.6 Å². The highest BCUT2D eigenvalue weighted by molar-refractivity contribution is 5.87. The predicted molar refractivity (Wildman–Crippen MR) is 69.3 cm³/mol. The van der Waals surface area contributed by atoms with Gasteiger partial charge in [0.2, 0.25) is 5.91 Å². The third-order valence-electron chi connectivity index (χ3n) is 4.23. The number of carbonyl (C=O) groups is 2. The first-order chi connectivity index (χ1) is 9.04. The number of aliphatic carboxylic acids is 1. The highest BCUT2D eigenvalue weighted by Gasteiger charge is 2.51. The number of carbonyl (C=O) groups excluding carboxylic acids is 1. The Balaban J connectivity index is 1.98. The van der Waals surface area contributed by atoms with Crippen molar-refractivity contribution in [2.45, 2.75) is 32.2 Å². The van der Waals surface area contributed by atoms with Crippen molar-refractivity contribution in [1.82, 2.24) is 5.32 Å². The second-order valence-electron chi connectivity index (χ2n) is 5.61. The number of rotatable bonds is 6. The Hall–Kier alpha value is -1.36. The molecule has 2 aliphatic rings. The van der Waals surface area contributed by atoms with Gasteiger partial charge in [-0.15, -0.1) is 0 Å². The Bertz CT molecular complexity index is 393. The molecule has 2 aliphatic carbocycles. The number of aliphatic hydroxyl groups excluding tert-OH is 1. The van der Waals surface area contributed by atoms with E-state index in [-0.39, 0.29) is 30.4 Å². The number of fused-ring (bicyclic) bond motifs is 2. The molecule has 0 aromatic rings. The zero-order valence-corrected chi connectivity index (χ0v) is 11.1. The minimum absolute atomic E-state index is 0.00555. The average Bonchev–Trinajstić information content (AvgIpc) is 2.95. The molecule has 5 unspecified atom stereocenters. The summed E-state index contributed by atoms with van der Waals surface area (Å²) in [7, 11) is 0. The summed E-state index contributed by atoms with van der Waals surface area (Å²) >= 11 is 0. The van der Waals surface area contributed by atoms with Crippen LogP contribution < -0.4 is 5.32 Å². The first-order valence-corrected chi connectivity index (χ1v) is 6.87. The molecule has 5 nitrogen and oxygen atoms in total. The number of carboxylic acid groups (broad SMARTS) is 1. The third kappa shape index (κ3) is 2.81. The Kier molecular flexibility index (Phi) is 4.24. The van der Waals surface area contributed by atoms with Gasteiger partial charge in [-0.05, 0) is 38.0 Å². The first kappa shape index (κ1) is 14.1. The van der Waals surface area contributed by atoms with Crippen molar-refractivity contribution in [3.8, 4) is 0 Å². The SMILES string of the molecule is CC(CCCO)NC(=O)C1C2C=CC(C2)C1C(=O)O. The molecule has 2 rings (SSSR count). The van der Waals surface area contributed by atoms with Gasteiger partial charge in [-0.1, -0.05) is 12.2 Å². The maximum atomic E-state index is 12.3. The molecule has 0 heterocycles. The average molecular weight is 267 g/mol. The van der Waals surface area contributed by atoms with Crippen LogP contribution in [0.4, 0.5) is 0 Å². The van der Waals surface area contributed by atoms with Gasteiger partial charge in [-0.25, -0.2) is 0 Å². The van der Waals surface area contributed by atoms with E-state index in [0.717, 1.165) is 6.42 Å². The summed E-state index contributed by atoms with van der Waals surface area (Å²) in [6, 6.07) is -0.0304. The van der Waals surface area contributed by atoms with Crippen molar-refractivity contribution in [1.29, 1.82) is 0 Å². The number of nitrogens with one attached hydrogen (secondary N) is 1. The molecular formula is C14H21NO4. The van der Waals surface area contributed by atoms with E-state index in [0.29, 0.717) is 12.8 Å². The molecule has 5 atom stereocenters. The Morgan fingerprint density at radius 3 is 2.53 bits per heavy atom. The van der Waals surface area contributed by atoms with Crippen LogP contribution in [0, 0.1) is 23.7 Å². The molecule has 5 heteroatoms. The Morgan fingerprint density at radius 2 is 1.95 bits per heavy atom. The molecule has 1 saturated carbocycles. The summed E-state index contributed by atoms with van der Waals surface area (Å²) in [4.78, 5) is 23.6. The maximum Gasteiger partial charge on any atom is 0.307 e. The molecule has 0 spiro atoms. The van der Waals surface area contributed by atoms with Crippen molar-refractivity contribution < 1.29 is 19.8 Å². The fourth-order valence-corrected chi connectivity index (χ4v) is 3.33. The van der Waals surface area contributed by atoms with E-state index in [2.05, 4.69) is 5.32 Å². The molecule has 0 aromatic carbocycles. The Labute approximate surface area is 112 Å². The van der Waals surface area contributed by atoms with Crippen LogP contribution in [0.15, 0.2) is 12.2 Å². The van der Waals surface area contributed by atoms with Crippen LogP contribution in [0.5, 0.6) is 0 Å². The molecule has 1 amide bonds. The lowest BCUT2D eigenvalue weighted by molar-refractivity contribution is -0.148. The maximum absolute atomic E-state index is 12.3. The van der Waals surface area contributed by atoms with Crippen LogP contribution >= 0.6 is 0 Å². The summed E-state index contributed by atoms with van der Waals surface area (Å²) in [6.45, 7) is 1.99. The molecule has 3 N–H and O–H groups in total. The van der Waals surface area contributed by atoms with Gasteiger partial charge in [-0.3, -0.25) is 9.59 Å². The van der Waals surface area contributed by atoms with Gasteiger partial charge < -0.3 is 15.5 Å². The van der Waals surface area contributed by atoms with Gasteiger partial charge in [-0.2, -0.15) is 0 Å². The van der Waals surface area contributed by atoms with Gasteiger partial charge in [0.1, 0.15) is 0 Å². The summed E-state index contributed by atoms with van der Waals surface area (Å²) in [5.74, 6) is -1.99. The monoisotopic (exact) mass is 267 g/mol. The lowest BCUT2D eigenvalue weighted by Crippen LogP contribution is -2.43. The lowest BCUT2D eigenvalue weighted by atomic mass is 9.82. The number of aliphatic hydroxyl groups is 1. The van der Waals surface area contributed by atoms with Crippen LogP contribution in [0.25, 0.3) is 0 Å². The second-order valence-corrected chi connectivity index (χ2v) is 5.61. The van der Waals surface area contributed by atoms with E-state index in [4.69, 9.17) is 5.11 Å². The number of hydrogen-bond donors (Lipinski definition) is 3. The molecule has 106 valence electrons. The summed E-state index contributed by atoms with van der Waals surface area (Å²) in [6.07, 6.45) is 6.03. The first-order valence-electron chi connectivity index (χ1n) is 6.87. The van der Waals surface area contributed by atoms with Crippen molar-refractivity contribution in [2.75, 3.05) is 6.61 Å². The molecule has 19 heavy (non-hydrogen) atoms. The highest BCUT2D eigenvalue weighted by Crippen LogP contribution is 2.48. The lowest BCUT2D eigenvalue weighted by Gasteiger charge is -2.25. The fourth-order valence-electron chi connectivity index (χ4n) is 3.33. The van der Waals surface area contributed by atoms with Crippen molar-refractivity contribution in [2.24, 2.45) is 23.7 Å². The molecule has 0 aliphatic heterocycles. The third-order valence-corrected chi connectivity index (χ3v) is 4.23. The molecular weight excluding hydrogens is 246 g/mol. The largest absolute Gasteiger partial charge is 0.481 e. The van der Waals surface area contributed by atoms with Gasteiger partial charge >= 0.3 is 5.97 Å². The summed E-state index contributed by atoms with van der Waals surface area (Å²) in [5.41, 5.74) is 0. The zero-order chi connectivity index (χ0) is 14.0. The quantitative estimate of drug-likeness (QED) is 0.621. The predicted octanol–water partition coefficient (Wildman–Crippen LogP) is 0.787. The van der Waals surface area contributed by atoms with Crippen LogP contribution in [-0.4, -0.2) is 34.7 Å². The van der Waals surface area contributed by atoms with E-state index < -0.39 is 17.8 Å².